The first-order valence-electron chi connectivity index (χ1n) is 12.8. The van der Waals surface area contributed by atoms with Crippen LogP contribution in [0.1, 0.15) is 65.2 Å². The van der Waals surface area contributed by atoms with Gasteiger partial charge in [-0.05, 0) is 45.2 Å². The van der Waals surface area contributed by atoms with E-state index in [1.54, 1.807) is 51.1 Å². The fourth-order valence-electron chi connectivity index (χ4n) is 7.28. The molecule has 2 saturated carbocycles. The minimum atomic E-state index is -1.51. The molecule has 10 nitrogen and oxygen atoms in total. The van der Waals surface area contributed by atoms with Crippen molar-refractivity contribution in [3.8, 4) is 0 Å². The van der Waals surface area contributed by atoms with Gasteiger partial charge in [0.25, 0.3) is 0 Å². The molecule has 0 amide bonds. The van der Waals surface area contributed by atoms with Crippen LogP contribution in [0.15, 0.2) is 30.3 Å². The number of hydrogen-bond acceptors (Lipinski definition) is 10. The number of carbonyl (C=O) groups is 4. The number of carbonyl (C=O) groups excluding carboxylic acids is 4. The lowest BCUT2D eigenvalue weighted by Gasteiger charge is -2.63. The van der Waals surface area contributed by atoms with Gasteiger partial charge >= 0.3 is 23.9 Å². The van der Waals surface area contributed by atoms with Crippen molar-refractivity contribution in [2.45, 2.75) is 96.6 Å². The molecule has 3 aliphatic rings. The van der Waals surface area contributed by atoms with Crippen molar-refractivity contribution in [3.63, 3.8) is 0 Å². The molecule has 208 valence electrons. The molecule has 4 rings (SSSR count). The summed E-state index contributed by atoms with van der Waals surface area (Å²) in [5, 5.41) is 11.9. The van der Waals surface area contributed by atoms with Gasteiger partial charge in [0.15, 0.2) is 6.10 Å². The van der Waals surface area contributed by atoms with Crippen molar-refractivity contribution in [1.82, 2.24) is 0 Å². The Balaban J connectivity index is 1.95. The Hall–Kier alpha value is -2.98. The zero-order chi connectivity index (χ0) is 28.2. The predicted molar refractivity (Wildman–Crippen MR) is 132 cm³/mol. The van der Waals surface area contributed by atoms with Gasteiger partial charge < -0.3 is 28.8 Å². The molecule has 10 heteroatoms. The lowest BCUT2D eigenvalue weighted by Crippen LogP contribution is -2.78. The predicted octanol–water partition coefficient (Wildman–Crippen LogP) is 2.59. The number of benzene rings is 1. The van der Waals surface area contributed by atoms with Crippen LogP contribution in [0.4, 0.5) is 0 Å². The molecular formula is C28H36O10. The Morgan fingerprint density at radius 2 is 1.39 bits per heavy atom. The lowest BCUT2D eigenvalue weighted by atomic mass is 9.47. The van der Waals surface area contributed by atoms with Crippen molar-refractivity contribution in [3.05, 3.63) is 35.9 Å². The summed E-state index contributed by atoms with van der Waals surface area (Å²) in [5.74, 6) is -3.74. The molecule has 0 unspecified atom stereocenters. The van der Waals surface area contributed by atoms with Crippen LogP contribution in [0.5, 0.6) is 0 Å². The second kappa shape index (κ2) is 9.64. The first-order valence-corrected chi connectivity index (χ1v) is 12.8. The fraction of sp³-hybridized carbons (Fsp3) is 0.643. The number of hydrogen-bond donors (Lipinski definition) is 1. The first-order chi connectivity index (χ1) is 17.7. The third kappa shape index (κ3) is 4.18. The summed E-state index contributed by atoms with van der Waals surface area (Å²) < 4.78 is 30.2. The Morgan fingerprint density at radius 1 is 0.842 bits per heavy atom. The van der Waals surface area contributed by atoms with Crippen molar-refractivity contribution < 1.29 is 48.0 Å². The van der Waals surface area contributed by atoms with E-state index in [1.807, 2.05) is 6.92 Å². The highest BCUT2D eigenvalue weighted by atomic mass is 16.6. The quantitative estimate of drug-likeness (QED) is 0.445. The third-order valence-corrected chi connectivity index (χ3v) is 8.49. The Morgan fingerprint density at radius 3 is 1.95 bits per heavy atom. The van der Waals surface area contributed by atoms with Gasteiger partial charge in [-0.25, -0.2) is 4.79 Å². The van der Waals surface area contributed by atoms with E-state index in [0.717, 1.165) is 0 Å². The number of rotatable bonds is 5. The number of aliphatic hydroxyl groups is 1. The molecule has 1 spiro atoms. The molecule has 9 atom stereocenters. The number of ether oxygens (including phenoxy) is 5. The summed E-state index contributed by atoms with van der Waals surface area (Å²) in [6.07, 6.45) is -5.55. The molecule has 3 fully saturated rings. The second-order valence-electron chi connectivity index (χ2n) is 11.3. The van der Waals surface area contributed by atoms with E-state index in [4.69, 9.17) is 23.7 Å². The molecule has 2 bridgehead atoms. The molecule has 1 aromatic rings. The standard InChI is InChI=1S/C28H36O10/c1-14-13-19(34-15(2)29)22(35-16(3)30)27(7)24(37-25(33)18-11-9-8-10-12-18)21(32)20-23(36-17(4)31)28(14,27)38-26(20,5)6/h8-12,14,19-24,32H,13H2,1-7H3/t14-,19-,20-,21-,22+,23-,24+,27+,28-/m1/s1. The zero-order valence-corrected chi connectivity index (χ0v) is 22.8. The fourth-order valence-corrected chi connectivity index (χ4v) is 7.28. The summed E-state index contributed by atoms with van der Waals surface area (Å²) in [7, 11) is 0. The zero-order valence-electron chi connectivity index (χ0n) is 22.8. The maximum Gasteiger partial charge on any atom is 0.338 e. The highest BCUT2D eigenvalue weighted by molar-refractivity contribution is 5.89. The molecule has 1 saturated heterocycles. The third-order valence-electron chi connectivity index (χ3n) is 8.49. The maximum absolute atomic E-state index is 13.3. The van der Waals surface area contributed by atoms with Gasteiger partial charge in [0, 0.05) is 20.8 Å². The van der Waals surface area contributed by atoms with E-state index in [-0.39, 0.29) is 12.0 Å². The van der Waals surface area contributed by atoms with Crippen molar-refractivity contribution in [2.24, 2.45) is 17.3 Å². The first kappa shape index (κ1) is 28.0. The molecule has 1 aromatic carbocycles. The van der Waals surface area contributed by atoms with E-state index >= 15 is 0 Å². The summed E-state index contributed by atoms with van der Waals surface area (Å²) in [6, 6.07) is 8.30. The summed E-state index contributed by atoms with van der Waals surface area (Å²) >= 11 is 0. The van der Waals surface area contributed by atoms with Gasteiger partial charge in [0.2, 0.25) is 0 Å². The monoisotopic (exact) mass is 532 g/mol. The van der Waals surface area contributed by atoms with Gasteiger partial charge in [-0.15, -0.1) is 0 Å². The smallest absolute Gasteiger partial charge is 0.338 e. The van der Waals surface area contributed by atoms with E-state index in [0.29, 0.717) is 0 Å². The van der Waals surface area contributed by atoms with Crippen LogP contribution >= 0.6 is 0 Å². The van der Waals surface area contributed by atoms with Crippen LogP contribution in [0.25, 0.3) is 0 Å². The van der Waals surface area contributed by atoms with E-state index in [2.05, 4.69) is 0 Å². The van der Waals surface area contributed by atoms with Crippen LogP contribution in [-0.4, -0.2) is 70.7 Å². The van der Waals surface area contributed by atoms with Gasteiger partial charge in [-0.1, -0.05) is 25.1 Å². The van der Waals surface area contributed by atoms with Crippen LogP contribution < -0.4 is 0 Å². The topological polar surface area (TPSA) is 135 Å². The summed E-state index contributed by atoms with van der Waals surface area (Å²) in [4.78, 5) is 50.2. The minimum absolute atomic E-state index is 0.211. The van der Waals surface area contributed by atoms with Gasteiger partial charge in [0.1, 0.15) is 30.0 Å². The number of aliphatic hydroxyl groups excluding tert-OH is 1. The number of esters is 4. The Labute approximate surface area is 221 Å². The SMILES string of the molecule is CC(=O)O[C@@H]1[C@H]2[C@@H](O)[C@H](OC(=O)c3ccccc3)[C@]3(C)[C@@H](OC(C)=O)[C@H](OC(C)=O)C[C@@H](C)[C@@]13OC2(C)C. The average Bonchev–Trinajstić information content (AvgIpc) is 3.02. The van der Waals surface area contributed by atoms with E-state index in [1.165, 1.54) is 20.8 Å². The van der Waals surface area contributed by atoms with Crippen LogP contribution in [0.2, 0.25) is 0 Å². The van der Waals surface area contributed by atoms with Crippen LogP contribution in [0, 0.1) is 17.3 Å². The van der Waals surface area contributed by atoms with E-state index < -0.39 is 82.8 Å². The van der Waals surface area contributed by atoms with Gasteiger partial charge in [-0.3, -0.25) is 14.4 Å². The average molecular weight is 533 g/mol. The lowest BCUT2D eigenvalue weighted by molar-refractivity contribution is -0.314. The highest BCUT2D eigenvalue weighted by Gasteiger charge is 2.83. The largest absolute Gasteiger partial charge is 0.459 e. The second-order valence-corrected chi connectivity index (χ2v) is 11.3. The van der Waals surface area contributed by atoms with Gasteiger partial charge in [-0.2, -0.15) is 0 Å². The van der Waals surface area contributed by atoms with E-state index in [9.17, 15) is 24.3 Å². The van der Waals surface area contributed by atoms with Crippen LogP contribution in [0.3, 0.4) is 0 Å². The Bertz CT molecular complexity index is 1120. The number of fused-ring (bicyclic) bond motifs is 1. The molecule has 0 radical (unpaired) electrons. The summed E-state index contributed by atoms with van der Waals surface area (Å²) in [6.45, 7) is 10.8. The summed E-state index contributed by atoms with van der Waals surface area (Å²) in [5.41, 5.74) is -3.65. The normalized spacial score (nSPS) is 38.9. The molecule has 0 aromatic heterocycles. The minimum Gasteiger partial charge on any atom is -0.459 e. The molecule has 1 N–H and O–H groups in total. The molecular weight excluding hydrogens is 496 g/mol. The van der Waals surface area contributed by atoms with Gasteiger partial charge in [0.05, 0.1) is 22.5 Å². The van der Waals surface area contributed by atoms with Crippen molar-refractivity contribution in [2.75, 3.05) is 0 Å². The van der Waals surface area contributed by atoms with Crippen LogP contribution in [-0.2, 0) is 38.1 Å². The molecule has 38 heavy (non-hydrogen) atoms. The highest BCUT2D eigenvalue weighted by Crippen LogP contribution is 2.67. The molecule has 1 aliphatic heterocycles. The molecule has 1 heterocycles. The Kier molecular flexibility index (Phi) is 7.12. The van der Waals surface area contributed by atoms with Crippen molar-refractivity contribution in [1.29, 1.82) is 0 Å². The maximum atomic E-state index is 13.3. The molecule has 2 aliphatic carbocycles. The van der Waals surface area contributed by atoms with Crippen molar-refractivity contribution >= 4 is 23.9 Å².